The topological polar surface area (TPSA) is 77.1 Å². The molecule has 26 heavy (non-hydrogen) atoms. The number of rotatable bonds is 6. The first kappa shape index (κ1) is 20.1. The molecule has 0 unspecified atom stereocenters. The van der Waals surface area contributed by atoms with E-state index in [1.165, 1.54) is 12.0 Å². The molecule has 0 aromatic heterocycles. The fourth-order valence-corrected chi connectivity index (χ4v) is 3.30. The van der Waals surface area contributed by atoms with Gasteiger partial charge in [-0.3, -0.25) is 0 Å². The zero-order chi connectivity index (χ0) is 19.4. The van der Waals surface area contributed by atoms with Gasteiger partial charge in [0.25, 0.3) is 0 Å². The zero-order valence-corrected chi connectivity index (χ0v) is 17.1. The third-order valence-corrected chi connectivity index (χ3v) is 4.82. The average molecular weight is 427 g/mol. The molecule has 1 aromatic carbocycles. The largest absolute Gasteiger partial charge is 0.490 e. The number of amides is 2. The number of methoxy groups -OCH3 is 1. The number of nitrogens with zero attached hydrogens (tertiary/aromatic N) is 1. The highest BCUT2D eigenvalue weighted by molar-refractivity contribution is 9.10. The molecule has 0 bridgehead atoms. The van der Waals surface area contributed by atoms with E-state index in [0.29, 0.717) is 46.0 Å². The molecular formula is C18H23BrN2O5. The summed E-state index contributed by atoms with van der Waals surface area (Å²) in [5.74, 6) is 0.630. The van der Waals surface area contributed by atoms with Crippen LogP contribution in [-0.4, -0.2) is 44.3 Å². The van der Waals surface area contributed by atoms with Crippen molar-refractivity contribution in [2.24, 2.45) is 0 Å². The molecule has 0 aliphatic carbocycles. The van der Waals surface area contributed by atoms with Crippen LogP contribution >= 0.6 is 15.9 Å². The van der Waals surface area contributed by atoms with Gasteiger partial charge in [0.1, 0.15) is 0 Å². The summed E-state index contributed by atoms with van der Waals surface area (Å²) in [5.41, 5.74) is 1.57. The summed E-state index contributed by atoms with van der Waals surface area (Å²) in [7, 11) is 2.91. The lowest BCUT2D eigenvalue weighted by Crippen LogP contribution is -2.46. The van der Waals surface area contributed by atoms with Crippen LogP contribution in [0.2, 0.25) is 0 Å². The van der Waals surface area contributed by atoms with Crippen molar-refractivity contribution in [3.05, 3.63) is 33.4 Å². The molecule has 2 amide bonds. The second-order valence-corrected chi connectivity index (χ2v) is 6.47. The number of halogens is 1. The highest BCUT2D eigenvalue weighted by atomic mass is 79.9. The minimum Gasteiger partial charge on any atom is -0.490 e. The Balaban J connectivity index is 2.62. The van der Waals surface area contributed by atoms with Crippen LogP contribution in [0, 0.1) is 0 Å². The molecule has 7 nitrogen and oxygen atoms in total. The predicted octanol–water partition coefficient (Wildman–Crippen LogP) is 3.39. The Morgan fingerprint density at radius 2 is 1.81 bits per heavy atom. The van der Waals surface area contributed by atoms with E-state index in [1.54, 1.807) is 26.1 Å². The van der Waals surface area contributed by atoms with Crippen molar-refractivity contribution in [3.63, 3.8) is 0 Å². The molecule has 142 valence electrons. The molecule has 1 aromatic rings. The fourth-order valence-electron chi connectivity index (χ4n) is 2.75. The van der Waals surface area contributed by atoms with Crippen LogP contribution < -0.4 is 14.8 Å². The maximum atomic E-state index is 12.4. The number of urea groups is 1. The molecule has 1 heterocycles. The van der Waals surface area contributed by atoms with Gasteiger partial charge < -0.3 is 24.4 Å². The van der Waals surface area contributed by atoms with Crippen molar-refractivity contribution in [3.8, 4) is 11.5 Å². The summed E-state index contributed by atoms with van der Waals surface area (Å²) >= 11 is 3.52. The maximum absolute atomic E-state index is 12.4. The van der Waals surface area contributed by atoms with Crippen molar-refractivity contribution in [1.82, 2.24) is 10.2 Å². The minimum atomic E-state index is -0.671. The Labute approximate surface area is 161 Å². The van der Waals surface area contributed by atoms with E-state index >= 15 is 0 Å². The van der Waals surface area contributed by atoms with Crippen LogP contribution in [0.3, 0.4) is 0 Å². The zero-order valence-electron chi connectivity index (χ0n) is 15.5. The Morgan fingerprint density at radius 1 is 1.23 bits per heavy atom. The lowest BCUT2D eigenvalue weighted by molar-refractivity contribution is -0.136. The second-order valence-electron chi connectivity index (χ2n) is 5.62. The quantitative estimate of drug-likeness (QED) is 0.705. The summed E-state index contributed by atoms with van der Waals surface area (Å²) in [6.45, 7) is 6.42. The monoisotopic (exact) mass is 426 g/mol. The molecule has 0 radical (unpaired) electrons. The molecule has 1 aliphatic rings. The average Bonchev–Trinajstić information content (AvgIpc) is 2.61. The Morgan fingerprint density at radius 3 is 2.35 bits per heavy atom. The van der Waals surface area contributed by atoms with E-state index in [1.807, 2.05) is 13.8 Å². The summed E-state index contributed by atoms with van der Waals surface area (Å²) < 4.78 is 16.9. The molecule has 8 heteroatoms. The van der Waals surface area contributed by atoms with Crippen molar-refractivity contribution in [1.29, 1.82) is 0 Å². The summed E-state index contributed by atoms with van der Waals surface area (Å²) in [5, 5.41) is 2.84. The van der Waals surface area contributed by atoms with Gasteiger partial charge in [-0.25, -0.2) is 9.59 Å². The highest BCUT2D eigenvalue weighted by Gasteiger charge is 2.36. The molecule has 0 spiro atoms. The maximum Gasteiger partial charge on any atom is 0.337 e. The normalized spacial score (nSPS) is 17.1. The standard InChI is InChI=1S/C18H23BrN2O5/c1-6-25-13-8-11(12(19)9-14(13)26-7-2)16-15(17(22)24-5)10(3)21(4)18(23)20-16/h8-9,16H,6-7H2,1-5H3,(H,20,23)/t16-/m1/s1. The van der Waals surface area contributed by atoms with Gasteiger partial charge in [-0.1, -0.05) is 15.9 Å². The Kier molecular flexibility index (Phi) is 6.52. The predicted molar refractivity (Wildman–Crippen MR) is 100 cm³/mol. The molecule has 0 saturated heterocycles. The highest BCUT2D eigenvalue weighted by Crippen LogP contribution is 2.40. The first-order chi connectivity index (χ1) is 12.3. The van der Waals surface area contributed by atoms with E-state index in [2.05, 4.69) is 21.2 Å². The number of hydrogen-bond acceptors (Lipinski definition) is 5. The number of carbonyl (C=O) groups excluding carboxylic acids is 2. The van der Waals surface area contributed by atoms with E-state index < -0.39 is 12.0 Å². The van der Waals surface area contributed by atoms with Gasteiger partial charge in [-0.05, 0) is 38.5 Å². The second kappa shape index (κ2) is 8.44. The van der Waals surface area contributed by atoms with Gasteiger partial charge in [0.05, 0.1) is 31.9 Å². The number of nitrogens with one attached hydrogen (secondary N) is 1. The number of carbonyl (C=O) groups is 2. The summed E-state index contributed by atoms with van der Waals surface area (Å²) in [4.78, 5) is 26.1. The van der Waals surface area contributed by atoms with Gasteiger partial charge in [0, 0.05) is 17.2 Å². The molecule has 1 aliphatic heterocycles. The SMILES string of the molecule is CCOc1cc(Br)c([C@H]2NC(=O)N(C)C(C)=C2C(=O)OC)cc1OCC. The van der Waals surface area contributed by atoms with E-state index in [0.717, 1.165) is 0 Å². The summed E-state index contributed by atoms with van der Waals surface area (Å²) in [6.07, 6.45) is 0. The number of esters is 1. The van der Waals surface area contributed by atoms with E-state index in [9.17, 15) is 9.59 Å². The molecule has 0 saturated carbocycles. The van der Waals surface area contributed by atoms with Crippen LogP contribution in [0.4, 0.5) is 4.79 Å². The van der Waals surface area contributed by atoms with E-state index in [4.69, 9.17) is 14.2 Å². The minimum absolute atomic E-state index is 0.307. The van der Waals surface area contributed by atoms with E-state index in [-0.39, 0.29) is 6.03 Å². The molecule has 0 fully saturated rings. The fraction of sp³-hybridized carbons (Fsp3) is 0.444. The first-order valence-corrected chi connectivity index (χ1v) is 9.07. The van der Waals surface area contributed by atoms with Crippen molar-refractivity contribution >= 4 is 27.9 Å². The van der Waals surface area contributed by atoms with Gasteiger partial charge >= 0.3 is 12.0 Å². The summed E-state index contributed by atoms with van der Waals surface area (Å²) in [6, 6.07) is 2.57. The molecule has 1 N–H and O–H groups in total. The number of allylic oxidation sites excluding steroid dienone is 1. The van der Waals surface area contributed by atoms with Crippen LogP contribution in [0.25, 0.3) is 0 Å². The van der Waals surface area contributed by atoms with Crippen molar-refractivity contribution in [2.45, 2.75) is 26.8 Å². The number of ether oxygens (including phenoxy) is 3. The van der Waals surface area contributed by atoms with Gasteiger partial charge in [0.2, 0.25) is 0 Å². The van der Waals surface area contributed by atoms with Gasteiger partial charge in [0.15, 0.2) is 11.5 Å². The Bertz CT molecular complexity index is 747. The van der Waals surface area contributed by atoms with Crippen LogP contribution in [0.1, 0.15) is 32.4 Å². The first-order valence-electron chi connectivity index (χ1n) is 8.27. The third kappa shape index (κ3) is 3.80. The molecule has 2 rings (SSSR count). The Hall–Kier alpha value is -2.22. The molecular weight excluding hydrogens is 404 g/mol. The van der Waals surface area contributed by atoms with Crippen molar-refractivity contribution < 1.29 is 23.8 Å². The smallest absolute Gasteiger partial charge is 0.337 e. The van der Waals surface area contributed by atoms with Crippen LogP contribution in [0.5, 0.6) is 11.5 Å². The number of benzene rings is 1. The van der Waals surface area contributed by atoms with Crippen LogP contribution in [-0.2, 0) is 9.53 Å². The lowest BCUT2D eigenvalue weighted by atomic mass is 9.94. The third-order valence-electron chi connectivity index (χ3n) is 4.13. The van der Waals surface area contributed by atoms with Gasteiger partial charge in [-0.15, -0.1) is 0 Å². The number of hydrogen-bond donors (Lipinski definition) is 1. The van der Waals surface area contributed by atoms with Crippen molar-refractivity contribution in [2.75, 3.05) is 27.4 Å². The lowest BCUT2D eigenvalue weighted by Gasteiger charge is -2.33. The van der Waals surface area contributed by atoms with Gasteiger partial charge in [-0.2, -0.15) is 0 Å². The van der Waals surface area contributed by atoms with Crippen LogP contribution in [0.15, 0.2) is 27.9 Å². The molecule has 1 atom stereocenters.